The van der Waals surface area contributed by atoms with Gasteiger partial charge in [-0.25, -0.2) is 17.2 Å². The fourth-order valence-corrected chi connectivity index (χ4v) is 4.75. The van der Waals surface area contributed by atoms with Gasteiger partial charge in [0.05, 0.1) is 11.8 Å². The van der Waals surface area contributed by atoms with E-state index in [2.05, 4.69) is 0 Å². The lowest BCUT2D eigenvalue weighted by Crippen LogP contribution is -2.62. The molecule has 0 spiro atoms. The van der Waals surface area contributed by atoms with Crippen LogP contribution in [0.15, 0.2) is 23.1 Å². The molecule has 0 aliphatic carbocycles. The average molecular weight is 348 g/mol. The highest BCUT2D eigenvalue weighted by Gasteiger charge is 2.47. The summed E-state index contributed by atoms with van der Waals surface area (Å²) in [5.41, 5.74) is 0. The van der Waals surface area contributed by atoms with E-state index in [-0.39, 0.29) is 24.7 Å². The summed E-state index contributed by atoms with van der Waals surface area (Å²) in [6.07, 6.45) is 0. The topological polar surface area (TPSA) is 74.8 Å². The van der Waals surface area contributed by atoms with Gasteiger partial charge in [0.1, 0.15) is 11.6 Å². The van der Waals surface area contributed by atoms with E-state index in [1.165, 1.54) is 0 Å². The van der Waals surface area contributed by atoms with E-state index in [0.717, 1.165) is 39.2 Å². The number of benzene rings is 1. The van der Waals surface area contributed by atoms with Crippen molar-refractivity contribution in [1.29, 1.82) is 0 Å². The quantitative estimate of drug-likeness (QED) is 0.816. The van der Waals surface area contributed by atoms with E-state index in [0.29, 0.717) is 0 Å². The summed E-state index contributed by atoms with van der Waals surface area (Å²) in [6, 6.07) is 2.20. The number of hydrogen-bond acceptors (Lipinski definition) is 5. The molecule has 2 fully saturated rings. The number of carbonyl (C=O) groups is 2. The zero-order valence-electron chi connectivity index (χ0n) is 11.0. The maximum atomic E-state index is 13.6. The van der Waals surface area contributed by atoms with Crippen LogP contribution in [0.1, 0.15) is 0 Å². The predicted octanol–water partition coefficient (Wildman–Crippen LogP) is 1.03. The van der Waals surface area contributed by atoms with E-state index < -0.39 is 37.8 Å². The number of hydrogen-bond donors (Lipinski definition) is 0. The van der Waals surface area contributed by atoms with Crippen LogP contribution in [0.4, 0.5) is 13.6 Å². The second-order valence-electron chi connectivity index (χ2n) is 4.84. The lowest BCUT2D eigenvalue weighted by molar-refractivity contribution is -0.127. The number of sulfonamides is 1. The molecule has 0 unspecified atom stereocenters. The van der Waals surface area contributed by atoms with Crippen LogP contribution < -0.4 is 0 Å². The first kappa shape index (κ1) is 15.4. The smallest absolute Gasteiger partial charge is 0.273 e. The zero-order valence-corrected chi connectivity index (χ0v) is 12.7. The highest BCUT2D eigenvalue weighted by molar-refractivity contribution is 8.14. The second kappa shape index (κ2) is 5.28. The fourth-order valence-electron chi connectivity index (χ4n) is 2.35. The minimum Gasteiger partial charge on any atom is -0.273 e. The maximum Gasteiger partial charge on any atom is 0.289 e. The van der Waals surface area contributed by atoms with Crippen LogP contribution in [-0.4, -0.2) is 53.7 Å². The molecule has 2 saturated heterocycles. The fraction of sp³-hybridized carbons (Fsp3) is 0.333. The highest BCUT2D eigenvalue weighted by atomic mass is 32.2. The Balaban J connectivity index is 1.80. The average Bonchev–Trinajstić information content (AvgIpc) is 2.68. The summed E-state index contributed by atoms with van der Waals surface area (Å²) in [6.45, 7) is -0.317. The van der Waals surface area contributed by atoms with Crippen LogP contribution in [0, 0.1) is 11.6 Å². The summed E-state index contributed by atoms with van der Waals surface area (Å²) in [5, 5.41) is -0.427. The van der Waals surface area contributed by atoms with E-state index in [1.54, 1.807) is 0 Å². The van der Waals surface area contributed by atoms with Gasteiger partial charge >= 0.3 is 0 Å². The van der Waals surface area contributed by atoms with Crippen molar-refractivity contribution in [1.82, 2.24) is 9.21 Å². The SMILES string of the molecule is O=C1CSC(=O)N1C1CN(S(=O)(=O)c2c(F)cccc2F)C1. The Morgan fingerprint density at radius 2 is 1.73 bits per heavy atom. The predicted molar refractivity (Wildman–Crippen MR) is 73.6 cm³/mol. The van der Waals surface area contributed by atoms with Gasteiger partial charge in [-0.2, -0.15) is 4.31 Å². The van der Waals surface area contributed by atoms with Gasteiger partial charge in [0, 0.05) is 13.1 Å². The molecule has 2 heterocycles. The van der Waals surface area contributed by atoms with Gasteiger partial charge < -0.3 is 0 Å². The Kier molecular flexibility index (Phi) is 3.69. The first-order chi connectivity index (χ1) is 10.3. The zero-order chi connectivity index (χ0) is 16.1. The number of carbonyl (C=O) groups excluding carboxylic acids is 2. The van der Waals surface area contributed by atoms with Gasteiger partial charge in [-0.15, -0.1) is 0 Å². The molecule has 3 rings (SSSR count). The largest absolute Gasteiger partial charge is 0.289 e. The summed E-state index contributed by atoms with van der Waals surface area (Å²) in [4.78, 5) is 23.1. The minimum absolute atomic E-state index is 0.0318. The van der Waals surface area contributed by atoms with Crippen molar-refractivity contribution < 1.29 is 26.8 Å². The Morgan fingerprint density at radius 3 is 2.23 bits per heavy atom. The van der Waals surface area contributed by atoms with Crippen molar-refractivity contribution in [2.45, 2.75) is 10.9 Å². The molecule has 1 aromatic carbocycles. The molecule has 0 atom stereocenters. The third kappa shape index (κ3) is 2.31. The molecule has 2 amide bonds. The molecule has 2 aliphatic heterocycles. The van der Waals surface area contributed by atoms with Crippen molar-refractivity contribution in [3.8, 4) is 0 Å². The number of nitrogens with zero attached hydrogens (tertiary/aromatic N) is 2. The number of rotatable bonds is 3. The Morgan fingerprint density at radius 1 is 1.14 bits per heavy atom. The Labute approximate surface area is 129 Å². The van der Waals surface area contributed by atoms with Crippen LogP contribution >= 0.6 is 11.8 Å². The number of imide groups is 1. The van der Waals surface area contributed by atoms with Crippen LogP contribution in [-0.2, 0) is 14.8 Å². The number of halogens is 2. The molecule has 0 saturated carbocycles. The van der Waals surface area contributed by atoms with Gasteiger partial charge in [-0.3, -0.25) is 14.5 Å². The summed E-state index contributed by atoms with van der Waals surface area (Å²) in [7, 11) is -4.33. The second-order valence-corrected chi connectivity index (χ2v) is 7.65. The van der Waals surface area contributed by atoms with Crippen molar-refractivity contribution >= 4 is 32.9 Å². The third-order valence-corrected chi connectivity index (χ3v) is 6.21. The number of amides is 2. The molecule has 1 aromatic rings. The van der Waals surface area contributed by atoms with Crippen LogP contribution in [0.3, 0.4) is 0 Å². The molecule has 0 bridgehead atoms. The van der Waals surface area contributed by atoms with Crippen molar-refractivity contribution in [2.75, 3.05) is 18.8 Å². The van der Waals surface area contributed by atoms with E-state index in [1.807, 2.05) is 0 Å². The molecular weight excluding hydrogens is 338 g/mol. The summed E-state index contributed by atoms with van der Waals surface area (Å²) in [5.74, 6) is -2.70. The monoisotopic (exact) mass is 348 g/mol. The third-order valence-electron chi connectivity index (χ3n) is 3.50. The lowest BCUT2D eigenvalue weighted by Gasteiger charge is -2.41. The molecular formula is C12H10F2N2O4S2. The van der Waals surface area contributed by atoms with Crippen LogP contribution in [0.2, 0.25) is 0 Å². The lowest BCUT2D eigenvalue weighted by atomic mass is 10.1. The van der Waals surface area contributed by atoms with Gasteiger partial charge in [0.2, 0.25) is 15.9 Å². The minimum atomic E-state index is -4.33. The van der Waals surface area contributed by atoms with Gasteiger partial charge in [0.15, 0.2) is 4.90 Å². The van der Waals surface area contributed by atoms with Crippen molar-refractivity contribution in [2.24, 2.45) is 0 Å². The molecule has 10 heteroatoms. The summed E-state index contributed by atoms with van der Waals surface area (Å²) >= 11 is 0.851. The molecule has 0 N–H and O–H groups in total. The molecule has 2 aliphatic rings. The Bertz CT molecular complexity index is 726. The van der Waals surface area contributed by atoms with Crippen LogP contribution in [0.5, 0.6) is 0 Å². The molecule has 0 aromatic heterocycles. The maximum absolute atomic E-state index is 13.6. The normalized spacial score (nSPS) is 20.5. The summed E-state index contributed by atoms with van der Waals surface area (Å²) < 4.78 is 52.6. The Hall–Kier alpha value is -1.52. The molecule has 118 valence electrons. The first-order valence-electron chi connectivity index (χ1n) is 6.25. The molecule has 6 nitrogen and oxygen atoms in total. The molecule has 22 heavy (non-hydrogen) atoms. The van der Waals surface area contributed by atoms with Gasteiger partial charge in [-0.1, -0.05) is 17.8 Å². The van der Waals surface area contributed by atoms with Gasteiger partial charge in [0.25, 0.3) is 5.24 Å². The van der Waals surface area contributed by atoms with Crippen LogP contribution in [0.25, 0.3) is 0 Å². The van der Waals surface area contributed by atoms with E-state index in [9.17, 15) is 26.8 Å². The van der Waals surface area contributed by atoms with Gasteiger partial charge in [-0.05, 0) is 12.1 Å². The first-order valence-corrected chi connectivity index (χ1v) is 8.68. The van der Waals surface area contributed by atoms with E-state index >= 15 is 0 Å². The van der Waals surface area contributed by atoms with Crippen molar-refractivity contribution in [3.63, 3.8) is 0 Å². The standard InChI is InChI=1S/C12H10F2N2O4S2/c13-8-2-1-3-9(14)11(8)22(19,20)15-4-7(5-15)16-10(17)6-21-12(16)18/h1-3,7H,4-6H2. The van der Waals surface area contributed by atoms with Crippen molar-refractivity contribution in [3.05, 3.63) is 29.8 Å². The number of thioether (sulfide) groups is 1. The molecule has 0 radical (unpaired) electrons. The highest BCUT2D eigenvalue weighted by Crippen LogP contribution is 2.31. The van der Waals surface area contributed by atoms with E-state index in [4.69, 9.17) is 0 Å².